The summed E-state index contributed by atoms with van der Waals surface area (Å²) >= 11 is 3.48. The summed E-state index contributed by atoms with van der Waals surface area (Å²) < 4.78 is 1.12. The molecule has 0 radical (unpaired) electrons. The van der Waals surface area contributed by atoms with E-state index in [1.807, 2.05) is 6.07 Å². The Balaban J connectivity index is 2.14. The summed E-state index contributed by atoms with van der Waals surface area (Å²) in [5.41, 5.74) is 1.55. The summed E-state index contributed by atoms with van der Waals surface area (Å²) in [6.07, 6.45) is 2.37. The molecule has 0 saturated heterocycles. The Morgan fingerprint density at radius 1 is 1.43 bits per heavy atom. The lowest BCUT2D eigenvalue weighted by Gasteiger charge is -2.14. The molecule has 1 aliphatic carbocycles. The van der Waals surface area contributed by atoms with Crippen LogP contribution in [0.15, 0.2) is 28.7 Å². The number of rotatable bonds is 4. The van der Waals surface area contributed by atoms with E-state index >= 15 is 0 Å². The van der Waals surface area contributed by atoms with Gasteiger partial charge in [-0.25, -0.2) is 9.78 Å². The Morgan fingerprint density at radius 3 is 2.79 bits per heavy atom. The first-order valence-electron chi connectivity index (χ1n) is 4.68. The van der Waals surface area contributed by atoms with E-state index in [2.05, 4.69) is 39.0 Å². The van der Waals surface area contributed by atoms with Crippen molar-refractivity contribution in [3.05, 3.63) is 34.3 Å². The number of hydrogen-bond donors (Lipinski definition) is 0. The maximum atomic E-state index is 5.04. The average Bonchev–Trinajstić information content (AvgIpc) is 2.96. The zero-order valence-electron chi connectivity index (χ0n) is 8.13. The van der Waals surface area contributed by atoms with E-state index in [0.29, 0.717) is 6.61 Å². The van der Waals surface area contributed by atoms with Crippen molar-refractivity contribution < 1.29 is 9.78 Å². The highest BCUT2D eigenvalue weighted by Gasteiger charge is 2.45. The van der Waals surface area contributed by atoms with Crippen molar-refractivity contribution >= 4 is 15.9 Å². The molecule has 0 aromatic heterocycles. The lowest BCUT2D eigenvalue weighted by molar-refractivity contribution is -0.277. The molecule has 1 fully saturated rings. The average molecular weight is 257 g/mol. The molecule has 1 aromatic rings. The summed E-state index contributed by atoms with van der Waals surface area (Å²) in [6.45, 7) is 0.653. The molecule has 3 heteroatoms. The second-order valence-corrected chi connectivity index (χ2v) is 4.64. The van der Waals surface area contributed by atoms with Gasteiger partial charge in [-0.2, -0.15) is 0 Å². The second kappa shape index (κ2) is 4.01. The molecule has 1 saturated carbocycles. The van der Waals surface area contributed by atoms with E-state index in [1.54, 1.807) is 7.11 Å². The molecule has 0 N–H and O–H groups in total. The fourth-order valence-electron chi connectivity index (χ4n) is 1.66. The van der Waals surface area contributed by atoms with Gasteiger partial charge in [-0.15, -0.1) is 0 Å². The van der Waals surface area contributed by atoms with Crippen LogP contribution < -0.4 is 0 Å². The Bertz CT molecular complexity index is 321. The number of hydrogen-bond acceptors (Lipinski definition) is 2. The van der Waals surface area contributed by atoms with Crippen molar-refractivity contribution in [1.29, 1.82) is 0 Å². The van der Waals surface area contributed by atoms with E-state index in [4.69, 9.17) is 4.89 Å². The minimum atomic E-state index is 0.208. The maximum Gasteiger partial charge on any atom is 0.0918 e. The van der Waals surface area contributed by atoms with E-state index in [0.717, 1.165) is 4.47 Å². The minimum absolute atomic E-state index is 0.208. The monoisotopic (exact) mass is 256 g/mol. The van der Waals surface area contributed by atoms with Crippen LogP contribution in [-0.2, 0) is 15.2 Å². The normalized spacial score (nSPS) is 18.1. The Morgan fingerprint density at radius 2 is 2.21 bits per heavy atom. The lowest BCUT2D eigenvalue weighted by Crippen LogP contribution is -2.14. The third-order valence-corrected chi connectivity index (χ3v) is 3.24. The predicted molar refractivity (Wildman–Crippen MR) is 58.0 cm³/mol. The Labute approximate surface area is 92.3 Å². The van der Waals surface area contributed by atoms with Gasteiger partial charge in [-0.3, -0.25) is 0 Å². The van der Waals surface area contributed by atoms with Crippen LogP contribution in [0.2, 0.25) is 0 Å². The topological polar surface area (TPSA) is 18.5 Å². The van der Waals surface area contributed by atoms with Crippen molar-refractivity contribution in [2.75, 3.05) is 13.7 Å². The van der Waals surface area contributed by atoms with Gasteiger partial charge in [-0.05, 0) is 30.5 Å². The molecule has 0 amide bonds. The van der Waals surface area contributed by atoms with Gasteiger partial charge < -0.3 is 0 Å². The fourth-order valence-corrected chi connectivity index (χ4v) is 2.06. The van der Waals surface area contributed by atoms with Gasteiger partial charge in [0.05, 0.1) is 13.7 Å². The summed E-state index contributed by atoms with van der Waals surface area (Å²) in [4.78, 5) is 9.70. The number of benzene rings is 1. The number of halogens is 1. The van der Waals surface area contributed by atoms with Crippen molar-refractivity contribution in [2.45, 2.75) is 18.3 Å². The molecule has 0 unspecified atom stereocenters. The molecule has 0 bridgehead atoms. The van der Waals surface area contributed by atoms with Gasteiger partial charge in [0.2, 0.25) is 0 Å². The molecular weight excluding hydrogens is 244 g/mol. The van der Waals surface area contributed by atoms with Gasteiger partial charge in [0.15, 0.2) is 0 Å². The third-order valence-electron chi connectivity index (χ3n) is 2.74. The van der Waals surface area contributed by atoms with E-state index in [1.165, 1.54) is 18.4 Å². The molecule has 2 nitrogen and oxygen atoms in total. The van der Waals surface area contributed by atoms with Crippen molar-refractivity contribution in [3.63, 3.8) is 0 Å². The highest BCUT2D eigenvalue weighted by Crippen LogP contribution is 2.48. The lowest BCUT2D eigenvalue weighted by atomic mass is 9.97. The van der Waals surface area contributed by atoms with Gasteiger partial charge in [0.25, 0.3) is 0 Å². The van der Waals surface area contributed by atoms with Crippen LogP contribution in [0.4, 0.5) is 0 Å². The zero-order chi connectivity index (χ0) is 10.0. The summed E-state index contributed by atoms with van der Waals surface area (Å²) in [6, 6.07) is 8.41. The van der Waals surface area contributed by atoms with Crippen molar-refractivity contribution in [3.8, 4) is 0 Å². The minimum Gasteiger partial charge on any atom is -0.240 e. The zero-order valence-corrected chi connectivity index (χ0v) is 9.71. The molecule has 2 rings (SSSR count). The largest absolute Gasteiger partial charge is 0.240 e. The first-order chi connectivity index (χ1) is 6.77. The third kappa shape index (κ3) is 2.00. The van der Waals surface area contributed by atoms with E-state index < -0.39 is 0 Å². The molecule has 0 spiro atoms. The second-order valence-electron chi connectivity index (χ2n) is 3.72. The Hall–Kier alpha value is -0.380. The summed E-state index contributed by atoms with van der Waals surface area (Å²) in [5.74, 6) is 0. The highest BCUT2D eigenvalue weighted by atomic mass is 79.9. The summed E-state index contributed by atoms with van der Waals surface area (Å²) in [5, 5.41) is 0. The van der Waals surface area contributed by atoms with Crippen LogP contribution in [0.1, 0.15) is 18.4 Å². The van der Waals surface area contributed by atoms with Crippen molar-refractivity contribution in [1.82, 2.24) is 0 Å². The molecule has 0 heterocycles. The highest BCUT2D eigenvalue weighted by molar-refractivity contribution is 9.10. The first kappa shape index (κ1) is 10.1. The van der Waals surface area contributed by atoms with Crippen LogP contribution in [-0.4, -0.2) is 13.7 Å². The quantitative estimate of drug-likeness (QED) is 0.609. The predicted octanol–water partition coefficient (Wildman–Crippen LogP) is 3.06. The van der Waals surface area contributed by atoms with E-state index in [-0.39, 0.29) is 5.41 Å². The smallest absolute Gasteiger partial charge is 0.0918 e. The van der Waals surface area contributed by atoms with Crippen molar-refractivity contribution in [2.24, 2.45) is 0 Å². The van der Waals surface area contributed by atoms with Crippen LogP contribution >= 0.6 is 15.9 Å². The fraction of sp³-hybridized carbons (Fsp3) is 0.455. The van der Waals surface area contributed by atoms with Crippen LogP contribution in [0, 0.1) is 0 Å². The Kier molecular flexibility index (Phi) is 2.91. The van der Waals surface area contributed by atoms with Gasteiger partial charge >= 0.3 is 0 Å². The van der Waals surface area contributed by atoms with Crippen LogP contribution in [0.5, 0.6) is 0 Å². The molecule has 14 heavy (non-hydrogen) atoms. The standard InChI is InChI=1S/C11H13BrO2/c1-13-14-8-11(5-6-11)9-3-2-4-10(12)7-9/h2-4,7H,5-6,8H2,1H3. The first-order valence-corrected chi connectivity index (χ1v) is 5.48. The van der Waals surface area contributed by atoms with E-state index in [9.17, 15) is 0 Å². The van der Waals surface area contributed by atoms with Crippen LogP contribution in [0.3, 0.4) is 0 Å². The molecule has 0 atom stereocenters. The molecule has 1 aliphatic rings. The SMILES string of the molecule is COOCC1(c2cccc(Br)c2)CC1. The molecule has 0 aliphatic heterocycles. The maximum absolute atomic E-state index is 5.04. The molecule has 76 valence electrons. The molecular formula is C11H13BrO2. The summed E-state index contributed by atoms with van der Waals surface area (Å²) in [7, 11) is 1.55. The van der Waals surface area contributed by atoms with Gasteiger partial charge in [0.1, 0.15) is 0 Å². The van der Waals surface area contributed by atoms with Gasteiger partial charge in [-0.1, -0.05) is 28.1 Å². The molecule has 1 aromatic carbocycles. The van der Waals surface area contributed by atoms with Gasteiger partial charge in [0, 0.05) is 9.89 Å². The van der Waals surface area contributed by atoms with Crippen LogP contribution in [0.25, 0.3) is 0 Å².